The molecule has 16 heavy (non-hydrogen) atoms. The van der Waals surface area contributed by atoms with Crippen LogP contribution in [-0.2, 0) is 6.54 Å². The van der Waals surface area contributed by atoms with Gasteiger partial charge in [0.05, 0.1) is 18.5 Å². The first-order chi connectivity index (χ1) is 7.79. The Kier molecular flexibility index (Phi) is 3.10. The number of ether oxygens (including phenoxy) is 1. The SMILES string of the molecule is COc1ccc(NCc2cc[nH]c2)c(C)n1. The van der Waals surface area contributed by atoms with Crippen LogP contribution in [0.25, 0.3) is 0 Å². The fourth-order valence-corrected chi connectivity index (χ4v) is 1.50. The quantitative estimate of drug-likeness (QED) is 0.826. The minimum absolute atomic E-state index is 0.643. The highest BCUT2D eigenvalue weighted by molar-refractivity contribution is 5.49. The van der Waals surface area contributed by atoms with E-state index in [2.05, 4.69) is 15.3 Å². The van der Waals surface area contributed by atoms with E-state index in [9.17, 15) is 0 Å². The molecule has 2 heterocycles. The molecule has 2 rings (SSSR count). The van der Waals surface area contributed by atoms with E-state index in [0.717, 1.165) is 17.9 Å². The lowest BCUT2D eigenvalue weighted by Crippen LogP contribution is -2.01. The number of H-pyrrole nitrogens is 1. The molecule has 0 aliphatic heterocycles. The predicted octanol–water partition coefficient (Wildman–Crippen LogP) is 2.34. The molecule has 0 saturated heterocycles. The van der Waals surface area contributed by atoms with E-state index in [0.29, 0.717) is 5.88 Å². The number of rotatable bonds is 4. The molecular formula is C12H15N3O. The molecular weight excluding hydrogens is 202 g/mol. The molecule has 0 amide bonds. The van der Waals surface area contributed by atoms with Crippen molar-refractivity contribution in [3.63, 3.8) is 0 Å². The average Bonchev–Trinajstić information content (AvgIpc) is 2.80. The Morgan fingerprint density at radius 2 is 2.25 bits per heavy atom. The highest BCUT2D eigenvalue weighted by Crippen LogP contribution is 2.17. The Morgan fingerprint density at radius 1 is 1.38 bits per heavy atom. The molecule has 2 aromatic heterocycles. The molecule has 0 saturated carbocycles. The van der Waals surface area contributed by atoms with Crippen molar-refractivity contribution in [2.45, 2.75) is 13.5 Å². The molecule has 0 fully saturated rings. The van der Waals surface area contributed by atoms with Gasteiger partial charge in [-0.2, -0.15) is 0 Å². The van der Waals surface area contributed by atoms with Crippen LogP contribution >= 0.6 is 0 Å². The van der Waals surface area contributed by atoms with E-state index >= 15 is 0 Å². The number of hydrogen-bond acceptors (Lipinski definition) is 3. The van der Waals surface area contributed by atoms with Crippen molar-refractivity contribution in [3.05, 3.63) is 41.9 Å². The Hall–Kier alpha value is -1.97. The third kappa shape index (κ3) is 2.34. The zero-order valence-corrected chi connectivity index (χ0v) is 9.45. The van der Waals surface area contributed by atoms with Gasteiger partial charge in [-0.15, -0.1) is 0 Å². The number of aromatic nitrogens is 2. The van der Waals surface area contributed by atoms with Gasteiger partial charge in [-0.25, -0.2) is 4.98 Å². The Morgan fingerprint density at radius 3 is 2.88 bits per heavy atom. The van der Waals surface area contributed by atoms with Crippen molar-refractivity contribution < 1.29 is 4.74 Å². The zero-order valence-electron chi connectivity index (χ0n) is 9.45. The molecule has 0 aliphatic rings. The number of pyridine rings is 1. The molecule has 84 valence electrons. The molecule has 2 aromatic rings. The summed E-state index contributed by atoms with van der Waals surface area (Å²) in [5.41, 5.74) is 3.19. The van der Waals surface area contributed by atoms with E-state index in [4.69, 9.17) is 4.74 Å². The fourth-order valence-electron chi connectivity index (χ4n) is 1.50. The predicted molar refractivity (Wildman–Crippen MR) is 63.6 cm³/mol. The number of methoxy groups -OCH3 is 1. The number of nitrogens with zero attached hydrogens (tertiary/aromatic N) is 1. The maximum atomic E-state index is 5.06. The van der Waals surface area contributed by atoms with Gasteiger partial charge in [0.15, 0.2) is 0 Å². The van der Waals surface area contributed by atoms with Gasteiger partial charge < -0.3 is 15.0 Å². The summed E-state index contributed by atoms with van der Waals surface area (Å²) < 4.78 is 5.06. The van der Waals surface area contributed by atoms with Gasteiger partial charge >= 0.3 is 0 Å². The smallest absolute Gasteiger partial charge is 0.213 e. The number of hydrogen-bond donors (Lipinski definition) is 2. The van der Waals surface area contributed by atoms with Gasteiger partial charge in [-0.1, -0.05) is 0 Å². The van der Waals surface area contributed by atoms with Crippen LogP contribution in [0.4, 0.5) is 5.69 Å². The van der Waals surface area contributed by atoms with Gasteiger partial charge in [-0.05, 0) is 24.6 Å². The molecule has 0 unspecified atom stereocenters. The number of nitrogens with one attached hydrogen (secondary N) is 2. The fraction of sp³-hybridized carbons (Fsp3) is 0.250. The average molecular weight is 217 g/mol. The van der Waals surface area contributed by atoms with Crippen LogP contribution in [0.5, 0.6) is 5.88 Å². The molecule has 4 heteroatoms. The van der Waals surface area contributed by atoms with Crippen LogP contribution in [-0.4, -0.2) is 17.1 Å². The molecule has 0 spiro atoms. The van der Waals surface area contributed by atoms with Crippen LogP contribution in [0.1, 0.15) is 11.3 Å². The van der Waals surface area contributed by atoms with Crippen LogP contribution in [0.2, 0.25) is 0 Å². The first kappa shape index (κ1) is 10.5. The molecule has 0 aliphatic carbocycles. The molecule has 0 radical (unpaired) electrons. The second-order valence-electron chi connectivity index (χ2n) is 3.56. The van der Waals surface area contributed by atoms with Crippen LogP contribution in [0.3, 0.4) is 0 Å². The third-order valence-electron chi connectivity index (χ3n) is 2.41. The summed E-state index contributed by atoms with van der Waals surface area (Å²) in [6.07, 6.45) is 3.88. The minimum atomic E-state index is 0.643. The zero-order chi connectivity index (χ0) is 11.4. The monoisotopic (exact) mass is 217 g/mol. The maximum Gasteiger partial charge on any atom is 0.213 e. The summed E-state index contributed by atoms with van der Waals surface area (Å²) in [4.78, 5) is 7.32. The highest BCUT2D eigenvalue weighted by Gasteiger charge is 2.01. The van der Waals surface area contributed by atoms with Crippen molar-refractivity contribution in [2.24, 2.45) is 0 Å². The van der Waals surface area contributed by atoms with E-state index < -0.39 is 0 Å². The second-order valence-corrected chi connectivity index (χ2v) is 3.56. The molecule has 0 atom stereocenters. The summed E-state index contributed by atoms with van der Waals surface area (Å²) in [5, 5.41) is 3.33. The molecule has 0 aromatic carbocycles. The lowest BCUT2D eigenvalue weighted by molar-refractivity contribution is 0.397. The third-order valence-corrected chi connectivity index (χ3v) is 2.41. The number of aromatic amines is 1. The summed E-state index contributed by atoms with van der Waals surface area (Å²) in [5.74, 6) is 0.643. The Balaban J connectivity index is 2.04. The van der Waals surface area contributed by atoms with E-state index in [-0.39, 0.29) is 0 Å². The van der Waals surface area contributed by atoms with Crippen LogP contribution in [0.15, 0.2) is 30.6 Å². The van der Waals surface area contributed by atoms with Crippen molar-refractivity contribution >= 4 is 5.69 Å². The number of anilines is 1. The van der Waals surface area contributed by atoms with Crippen LogP contribution < -0.4 is 10.1 Å². The van der Waals surface area contributed by atoms with Crippen molar-refractivity contribution in [1.82, 2.24) is 9.97 Å². The maximum absolute atomic E-state index is 5.06. The van der Waals surface area contributed by atoms with Crippen LogP contribution in [0, 0.1) is 6.92 Å². The second kappa shape index (κ2) is 4.70. The highest BCUT2D eigenvalue weighted by atomic mass is 16.5. The van der Waals surface area contributed by atoms with Crippen molar-refractivity contribution in [2.75, 3.05) is 12.4 Å². The lowest BCUT2D eigenvalue weighted by Gasteiger charge is -2.09. The van der Waals surface area contributed by atoms with Gasteiger partial charge in [0, 0.05) is 25.0 Å². The van der Waals surface area contributed by atoms with E-state index in [1.54, 1.807) is 7.11 Å². The topological polar surface area (TPSA) is 49.9 Å². The summed E-state index contributed by atoms with van der Waals surface area (Å²) in [6, 6.07) is 5.87. The molecule has 0 bridgehead atoms. The van der Waals surface area contributed by atoms with E-state index in [1.165, 1.54) is 5.56 Å². The Labute approximate surface area is 94.7 Å². The van der Waals surface area contributed by atoms with Crippen molar-refractivity contribution in [3.8, 4) is 5.88 Å². The standard InChI is InChI=1S/C12H15N3O/c1-9-11(3-4-12(15-9)16-2)14-8-10-5-6-13-7-10/h3-7,13-14H,8H2,1-2H3. The van der Waals surface area contributed by atoms with E-state index in [1.807, 2.05) is 37.5 Å². The van der Waals surface area contributed by atoms with Gasteiger partial charge in [-0.3, -0.25) is 0 Å². The Bertz CT molecular complexity index is 451. The molecule has 2 N–H and O–H groups in total. The minimum Gasteiger partial charge on any atom is -0.481 e. The summed E-state index contributed by atoms with van der Waals surface area (Å²) in [7, 11) is 1.62. The van der Waals surface area contributed by atoms with Gasteiger partial charge in [0.2, 0.25) is 5.88 Å². The van der Waals surface area contributed by atoms with Crippen molar-refractivity contribution in [1.29, 1.82) is 0 Å². The van der Waals surface area contributed by atoms with Gasteiger partial charge in [0.25, 0.3) is 0 Å². The lowest BCUT2D eigenvalue weighted by atomic mass is 10.3. The summed E-state index contributed by atoms with van der Waals surface area (Å²) in [6.45, 7) is 2.75. The first-order valence-electron chi connectivity index (χ1n) is 5.17. The number of aryl methyl sites for hydroxylation is 1. The normalized spacial score (nSPS) is 10.1. The first-order valence-corrected chi connectivity index (χ1v) is 5.17. The molecule has 4 nitrogen and oxygen atoms in total. The van der Waals surface area contributed by atoms with Gasteiger partial charge in [0.1, 0.15) is 0 Å². The summed E-state index contributed by atoms with van der Waals surface area (Å²) >= 11 is 0. The largest absolute Gasteiger partial charge is 0.481 e.